The molecule has 2 aromatic heterocycles. The number of alkyl halides is 6. The van der Waals surface area contributed by atoms with Crippen LogP contribution in [0.2, 0.25) is 0 Å². The lowest BCUT2D eigenvalue weighted by atomic mass is 10.1. The maximum Gasteiger partial charge on any atom is 0.490 e. The third kappa shape index (κ3) is 6.11. The molecule has 2 aromatic carbocycles. The molecule has 6 N–H and O–H groups in total. The Hall–Kier alpha value is -5.16. The number of aliphatic carboxylic acids is 1. The quantitative estimate of drug-likeness (QED) is 0.216. The van der Waals surface area contributed by atoms with Crippen LogP contribution in [0.1, 0.15) is 32.7 Å². The summed E-state index contributed by atoms with van der Waals surface area (Å²) in [6.45, 7) is -0.112. The van der Waals surface area contributed by atoms with Crippen LogP contribution in [0.25, 0.3) is 10.9 Å². The Labute approximate surface area is 229 Å². The van der Waals surface area contributed by atoms with Crippen molar-refractivity contribution in [3.63, 3.8) is 0 Å². The molecule has 11 nitrogen and oxygen atoms in total. The van der Waals surface area contributed by atoms with Crippen LogP contribution >= 0.6 is 0 Å². The van der Waals surface area contributed by atoms with E-state index in [1.165, 1.54) is 12.1 Å². The largest absolute Gasteiger partial charge is 0.490 e. The number of fused-ring (bicyclic) bond motifs is 2. The molecule has 4 aromatic rings. The first-order valence-corrected chi connectivity index (χ1v) is 11.6. The number of hydrogen-bond acceptors (Lipinski definition) is 7. The first-order chi connectivity index (χ1) is 19.6. The van der Waals surface area contributed by atoms with E-state index in [1.54, 1.807) is 11.0 Å². The lowest BCUT2D eigenvalue weighted by molar-refractivity contribution is -0.192. The molecular weight excluding hydrogens is 583 g/mol. The second-order valence-corrected chi connectivity index (χ2v) is 8.75. The van der Waals surface area contributed by atoms with Crippen LogP contribution in [0.4, 0.5) is 42.5 Å². The van der Waals surface area contributed by atoms with Gasteiger partial charge in [0.05, 0.1) is 41.0 Å². The van der Waals surface area contributed by atoms with Crippen LogP contribution in [-0.2, 0) is 30.6 Å². The molecule has 0 saturated carbocycles. The molecule has 1 aliphatic heterocycles. The highest BCUT2D eigenvalue weighted by Crippen LogP contribution is 2.34. The zero-order valence-electron chi connectivity index (χ0n) is 20.8. The number of aromatic nitrogens is 4. The third-order valence-electron chi connectivity index (χ3n) is 6.03. The van der Waals surface area contributed by atoms with Gasteiger partial charge in [0.1, 0.15) is 11.6 Å². The number of rotatable bonds is 5. The number of carboxylic acids is 1. The van der Waals surface area contributed by atoms with Gasteiger partial charge in [-0.15, -0.1) is 0 Å². The highest BCUT2D eigenvalue weighted by atomic mass is 19.4. The molecule has 0 spiro atoms. The lowest BCUT2D eigenvalue weighted by Crippen LogP contribution is -2.22. The number of nitrogens with two attached hydrogens (primary N) is 1. The van der Waals surface area contributed by atoms with Crippen LogP contribution in [0.5, 0.6) is 0 Å². The van der Waals surface area contributed by atoms with Crippen LogP contribution < -0.4 is 21.5 Å². The van der Waals surface area contributed by atoms with Gasteiger partial charge in [0, 0.05) is 17.5 Å². The summed E-state index contributed by atoms with van der Waals surface area (Å²) in [6.07, 6.45) is -9.84. The molecule has 222 valence electrons. The van der Waals surface area contributed by atoms with Crippen molar-refractivity contribution < 1.29 is 45.4 Å². The average molecular weight is 601 g/mol. The Balaban J connectivity index is 0.000000517. The number of H-pyrrole nitrogens is 2. The van der Waals surface area contributed by atoms with Gasteiger partial charge in [-0.25, -0.2) is 14.2 Å². The van der Waals surface area contributed by atoms with Crippen LogP contribution in [0.3, 0.4) is 0 Å². The van der Waals surface area contributed by atoms with Crippen molar-refractivity contribution in [3.05, 3.63) is 80.5 Å². The number of hydrogen-bond donors (Lipinski definition) is 5. The summed E-state index contributed by atoms with van der Waals surface area (Å²) in [6, 6.07) is 7.28. The van der Waals surface area contributed by atoms with Gasteiger partial charge in [-0.2, -0.15) is 31.3 Å². The van der Waals surface area contributed by atoms with E-state index in [0.29, 0.717) is 16.6 Å². The molecule has 3 heterocycles. The molecule has 0 unspecified atom stereocenters. The standard InChI is InChI=1S/C22H17F4N7O2.C2HF3O2/c23-15-6-2-5-14(22(24,25)26)12(15)7-28-19-11-4-1-3-10(18(27)34)17(11)29-21(30-19)33-8-13-16(9-33)31-32-20(13)35;3-2(4,5)1(6)7/h1-6H,7-9H2,(H2,27,34)(H,28,29,30)(H2,31,32,35);(H,6,7). The predicted molar refractivity (Wildman–Crippen MR) is 132 cm³/mol. The molecule has 1 aliphatic rings. The normalized spacial score (nSPS) is 13.0. The number of carbonyl (C=O) groups excluding carboxylic acids is 1. The van der Waals surface area contributed by atoms with Crippen molar-refractivity contribution in [1.29, 1.82) is 0 Å². The van der Waals surface area contributed by atoms with E-state index >= 15 is 0 Å². The van der Waals surface area contributed by atoms with E-state index in [4.69, 9.17) is 15.6 Å². The minimum atomic E-state index is -5.08. The average Bonchev–Trinajstić information content (AvgIpc) is 3.48. The highest BCUT2D eigenvalue weighted by Gasteiger charge is 2.38. The molecule has 0 radical (unpaired) electrons. The fraction of sp³-hybridized carbons (Fsp3) is 0.208. The van der Waals surface area contributed by atoms with E-state index in [-0.39, 0.29) is 41.5 Å². The molecule has 42 heavy (non-hydrogen) atoms. The van der Waals surface area contributed by atoms with Crippen LogP contribution in [0.15, 0.2) is 41.2 Å². The van der Waals surface area contributed by atoms with Crippen molar-refractivity contribution in [1.82, 2.24) is 20.2 Å². The minimum absolute atomic E-state index is 0.0756. The van der Waals surface area contributed by atoms with Crippen molar-refractivity contribution in [3.8, 4) is 0 Å². The third-order valence-corrected chi connectivity index (χ3v) is 6.03. The Morgan fingerprint density at radius 1 is 1.02 bits per heavy atom. The molecule has 1 amide bonds. The zero-order valence-corrected chi connectivity index (χ0v) is 20.8. The first-order valence-electron chi connectivity index (χ1n) is 11.6. The van der Waals surface area contributed by atoms with E-state index in [0.717, 1.165) is 18.2 Å². The van der Waals surface area contributed by atoms with Gasteiger partial charge in [0.2, 0.25) is 5.95 Å². The van der Waals surface area contributed by atoms with E-state index in [2.05, 4.69) is 25.5 Å². The second-order valence-electron chi connectivity index (χ2n) is 8.75. The van der Waals surface area contributed by atoms with Crippen molar-refractivity contribution in [2.24, 2.45) is 5.73 Å². The minimum Gasteiger partial charge on any atom is -0.475 e. The van der Waals surface area contributed by atoms with Crippen molar-refractivity contribution >= 4 is 34.5 Å². The molecule has 0 atom stereocenters. The smallest absolute Gasteiger partial charge is 0.475 e. The number of para-hydroxylation sites is 1. The SMILES string of the molecule is NC(=O)c1cccc2c(NCc3c(F)cccc3C(F)(F)F)nc(N3Cc4[nH][nH]c(=O)c4C3)nc12.O=C(O)C(F)(F)F. The van der Waals surface area contributed by atoms with E-state index in [9.17, 15) is 40.3 Å². The van der Waals surface area contributed by atoms with Gasteiger partial charge in [-0.05, 0) is 24.3 Å². The summed E-state index contributed by atoms with van der Waals surface area (Å²) in [5.41, 5.74) is 4.89. The maximum atomic E-state index is 14.4. The van der Waals surface area contributed by atoms with Gasteiger partial charge in [0.15, 0.2) is 0 Å². The Morgan fingerprint density at radius 3 is 2.29 bits per heavy atom. The summed E-state index contributed by atoms with van der Waals surface area (Å²) >= 11 is 0. The number of anilines is 2. The molecule has 0 saturated heterocycles. The number of carbonyl (C=O) groups is 2. The molecule has 0 aliphatic carbocycles. The molecule has 0 bridgehead atoms. The number of amides is 1. The molecule has 18 heteroatoms. The fourth-order valence-electron chi connectivity index (χ4n) is 4.09. The van der Waals surface area contributed by atoms with Crippen LogP contribution in [0, 0.1) is 5.82 Å². The summed E-state index contributed by atoms with van der Waals surface area (Å²) in [5, 5.41) is 15.5. The number of carboxylic acid groups (broad SMARTS) is 1. The predicted octanol–water partition coefficient (Wildman–Crippen LogP) is 3.67. The fourth-order valence-corrected chi connectivity index (χ4v) is 4.09. The van der Waals surface area contributed by atoms with Gasteiger partial charge in [-0.1, -0.05) is 12.1 Å². The number of primary amides is 1. The van der Waals surface area contributed by atoms with Crippen molar-refractivity contribution in [2.45, 2.75) is 32.0 Å². The first kappa shape index (κ1) is 29.8. The molecule has 0 fully saturated rings. The highest BCUT2D eigenvalue weighted by molar-refractivity contribution is 6.07. The summed E-state index contributed by atoms with van der Waals surface area (Å²) in [4.78, 5) is 43.4. The van der Waals surface area contributed by atoms with Crippen molar-refractivity contribution in [2.75, 3.05) is 10.2 Å². The summed E-state index contributed by atoms with van der Waals surface area (Å²) < 4.78 is 86.4. The monoisotopic (exact) mass is 601 g/mol. The number of aromatic amines is 2. The van der Waals surface area contributed by atoms with E-state index < -0.39 is 47.7 Å². The summed E-state index contributed by atoms with van der Waals surface area (Å²) in [5.74, 6) is -4.35. The van der Waals surface area contributed by atoms with Crippen LogP contribution in [-0.4, -0.2) is 43.3 Å². The lowest BCUT2D eigenvalue weighted by Gasteiger charge is -2.19. The van der Waals surface area contributed by atoms with Gasteiger partial charge >= 0.3 is 18.3 Å². The number of nitrogens with one attached hydrogen (secondary N) is 3. The Kier molecular flexibility index (Phi) is 7.82. The van der Waals surface area contributed by atoms with Gasteiger partial charge in [-0.3, -0.25) is 14.7 Å². The number of benzene rings is 2. The van der Waals surface area contributed by atoms with E-state index in [1.807, 2.05) is 0 Å². The second kappa shape index (κ2) is 11.0. The van der Waals surface area contributed by atoms with Gasteiger partial charge in [0.25, 0.3) is 11.5 Å². The molecule has 5 rings (SSSR count). The maximum absolute atomic E-state index is 14.4. The Morgan fingerprint density at radius 2 is 1.69 bits per heavy atom. The zero-order chi connectivity index (χ0) is 31.0. The Bertz CT molecular complexity index is 1730. The van der Waals surface area contributed by atoms with Gasteiger partial charge < -0.3 is 26.2 Å². The topological polar surface area (TPSA) is 170 Å². The molecular formula is C24H18F7N7O4. The number of nitrogens with zero attached hydrogens (tertiary/aromatic N) is 3. The summed E-state index contributed by atoms with van der Waals surface area (Å²) in [7, 11) is 0. The number of halogens is 7.